The van der Waals surface area contributed by atoms with E-state index in [1.54, 1.807) is 12.1 Å². The smallest absolute Gasteiger partial charge is 0.269 e. The van der Waals surface area contributed by atoms with Crippen LogP contribution in [0.4, 0.5) is 0 Å². The Bertz CT molecular complexity index is 805. The van der Waals surface area contributed by atoms with E-state index in [0.717, 1.165) is 44.1 Å². The lowest BCUT2D eigenvalue weighted by atomic mass is 9.95. The summed E-state index contributed by atoms with van der Waals surface area (Å²) in [7, 11) is 0. The number of Topliss-reactive ketones (excluding diaryl/α,β-unsaturated/α-hetero) is 1. The maximum absolute atomic E-state index is 12.5. The van der Waals surface area contributed by atoms with E-state index in [2.05, 4.69) is 15.1 Å². The van der Waals surface area contributed by atoms with E-state index in [1.165, 1.54) is 0 Å². The zero-order valence-corrected chi connectivity index (χ0v) is 15.8. The van der Waals surface area contributed by atoms with E-state index in [9.17, 15) is 9.59 Å². The molecule has 1 aliphatic rings. The predicted octanol–water partition coefficient (Wildman–Crippen LogP) is 2.20. The van der Waals surface area contributed by atoms with Gasteiger partial charge in [-0.2, -0.15) is 5.10 Å². The van der Waals surface area contributed by atoms with Crippen molar-refractivity contribution in [1.82, 2.24) is 15.1 Å². The van der Waals surface area contributed by atoms with Crippen molar-refractivity contribution in [3.63, 3.8) is 0 Å². The summed E-state index contributed by atoms with van der Waals surface area (Å²) in [5.41, 5.74) is 8.75. The number of carbonyl (C=O) groups excluding carboxylic acids is 2. The Morgan fingerprint density at radius 1 is 1.22 bits per heavy atom. The van der Waals surface area contributed by atoms with Gasteiger partial charge >= 0.3 is 0 Å². The van der Waals surface area contributed by atoms with Gasteiger partial charge in [-0.05, 0) is 11.5 Å². The highest BCUT2D eigenvalue weighted by Gasteiger charge is 2.21. The zero-order chi connectivity index (χ0) is 19.4. The van der Waals surface area contributed by atoms with Crippen molar-refractivity contribution in [3.05, 3.63) is 41.2 Å². The number of rotatable bonds is 7. The summed E-state index contributed by atoms with van der Waals surface area (Å²) in [6.07, 6.45) is 0.481. The number of carbonyl (C=O) groups is 2. The van der Waals surface area contributed by atoms with Crippen LogP contribution in [-0.4, -0.2) is 59.6 Å². The fraction of sp³-hybridized carbons (Fsp3) is 0.450. The first-order chi connectivity index (χ1) is 13.0. The highest BCUT2D eigenvalue weighted by atomic mass is 16.5. The third-order valence-electron chi connectivity index (χ3n) is 4.86. The number of primary amides is 1. The molecule has 0 aliphatic carbocycles. The maximum Gasteiger partial charge on any atom is 0.269 e. The molecule has 0 spiro atoms. The Labute approximate surface area is 158 Å². The molecule has 2 aromatic rings. The van der Waals surface area contributed by atoms with Crippen LogP contribution in [0.15, 0.2) is 24.3 Å². The standard InChI is InChI=1S/C20H26N4O3/c1-13(2)18-17(19(20(21)26)23-22-18)15-5-3-14(4-6-15)16(25)7-8-24-9-11-27-12-10-24/h3-6,13H,7-12H2,1-2H3,(H2,21,26)(H,22,23). The zero-order valence-electron chi connectivity index (χ0n) is 15.8. The molecule has 3 rings (SSSR count). The highest BCUT2D eigenvalue weighted by Crippen LogP contribution is 2.30. The van der Waals surface area contributed by atoms with Crippen LogP contribution >= 0.6 is 0 Å². The van der Waals surface area contributed by atoms with Gasteiger partial charge in [0.15, 0.2) is 11.5 Å². The molecule has 1 saturated heterocycles. The third-order valence-corrected chi connectivity index (χ3v) is 4.86. The summed E-state index contributed by atoms with van der Waals surface area (Å²) in [4.78, 5) is 26.4. The first kappa shape index (κ1) is 19.3. The number of H-pyrrole nitrogens is 1. The van der Waals surface area contributed by atoms with Crippen LogP contribution in [0.25, 0.3) is 11.1 Å². The number of amides is 1. The number of hydrogen-bond acceptors (Lipinski definition) is 5. The molecule has 0 atom stereocenters. The number of nitrogens with two attached hydrogens (primary N) is 1. The first-order valence-electron chi connectivity index (χ1n) is 9.29. The van der Waals surface area contributed by atoms with E-state index in [4.69, 9.17) is 10.5 Å². The van der Waals surface area contributed by atoms with Crippen molar-refractivity contribution in [1.29, 1.82) is 0 Å². The summed E-state index contributed by atoms with van der Waals surface area (Å²) in [5, 5.41) is 6.98. The van der Waals surface area contributed by atoms with Gasteiger partial charge in [0.05, 0.1) is 13.2 Å². The maximum atomic E-state index is 12.5. The topological polar surface area (TPSA) is 101 Å². The Hall–Kier alpha value is -2.51. The SMILES string of the molecule is CC(C)c1[nH]nc(C(N)=O)c1-c1ccc(C(=O)CCN2CCOCC2)cc1. The second-order valence-electron chi connectivity index (χ2n) is 7.08. The minimum atomic E-state index is -0.571. The molecule has 1 fully saturated rings. The number of ether oxygens (including phenoxy) is 1. The Kier molecular flexibility index (Phi) is 6.03. The molecule has 0 radical (unpaired) electrons. The first-order valence-corrected chi connectivity index (χ1v) is 9.29. The molecule has 7 heteroatoms. The van der Waals surface area contributed by atoms with E-state index in [0.29, 0.717) is 17.5 Å². The minimum Gasteiger partial charge on any atom is -0.379 e. The van der Waals surface area contributed by atoms with Crippen molar-refractivity contribution in [2.24, 2.45) is 5.73 Å². The lowest BCUT2D eigenvalue weighted by Crippen LogP contribution is -2.37. The largest absolute Gasteiger partial charge is 0.379 e. The lowest BCUT2D eigenvalue weighted by Gasteiger charge is -2.26. The van der Waals surface area contributed by atoms with Crippen LogP contribution in [0.1, 0.15) is 52.7 Å². The molecule has 1 aromatic carbocycles. The van der Waals surface area contributed by atoms with Gasteiger partial charge in [-0.3, -0.25) is 19.6 Å². The number of nitrogens with zero attached hydrogens (tertiary/aromatic N) is 2. The van der Waals surface area contributed by atoms with Crippen LogP contribution in [0, 0.1) is 0 Å². The number of hydrogen-bond donors (Lipinski definition) is 2. The normalized spacial score (nSPS) is 15.2. The molecule has 1 aliphatic heterocycles. The highest BCUT2D eigenvalue weighted by molar-refractivity contribution is 6.00. The van der Waals surface area contributed by atoms with Crippen LogP contribution < -0.4 is 5.73 Å². The monoisotopic (exact) mass is 370 g/mol. The van der Waals surface area contributed by atoms with Crippen molar-refractivity contribution < 1.29 is 14.3 Å². The number of morpholine rings is 1. The molecule has 3 N–H and O–H groups in total. The second-order valence-corrected chi connectivity index (χ2v) is 7.08. The van der Waals surface area contributed by atoms with E-state index >= 15 is 0 Å². The molecule has 144 valence electrons. The van der Waals surface area contributed by atoms with E-state index < -0.39 is 5.91 Å². The second kappa shape index (κ2) is 8.45. The molecule has 1 aromatic heterocycles. The molecule has 1 amide bonds. The molecule has 7 nitrogen and oxygen atoms in total. The molecule has 0 saturated carbocycles. The van der Waals surface area contributed by atoms with E-state index in [1.807, 2.05) is 26.0 Å². The predicted molar refractivity (Wildman–Crippen MR) is 103 cm³/mol. The van der Waals surface area contributed by atoms with Crippen molar-refractivity contribution in [2.45, 2.75) is 26.2 Å². The average Bonchev–Trinajstić information content (AvgIpc) is 3.13. The fourth-order valence-corrected chi connectivity index (χ4v) is 3.30. The van der Waals surface area contributed by atoms with Crippen LogP contribution in [-0.2, 0) is 4.74 Å². The Morgan fingerprint density at radius 2 is 1.89 bits per heavy atom. The van der Waals surface area contributed by atoms with Gasteiger partial charge in [0.2, 0.25) is 0 Å². The summed E-state index contributed by atoms with van der Waals surface area (Å²) in [6.45, 7) is 7.99. The number of benzene rings is 1. The summed E-state index contributed by atoms with van der Waals surface area (Å²) < 4.78 is 5.33. The van der Waals surface area contributed by atoms with Gasteiger partial charge in [0, 0.05) is 42.9 Å². The van der Waals surface area contributed by atoms with Gasteiger partial charge in [-0.25, -0.2) is 0 Å². The van der Waals surface area contributed by atoms with Gasteiger partial charge < -0.3 is 10.5 Å². The van der Waals surface area contributed by atoms with Crippen molar-refractivity contribution >= 4 is 11.7 Å². The number of nitrogens with one attached hydrogen (secondary N) is 1. The van der Waals surface area contributed by atoms with Crippen LogP contribution in [0.3, 0.4) is 0 Å². The van der Waals surface area contributed by atoms with E-state index in [-0.39, 0.29) is 17.4 Å². The quantitative estimate of drug-likeness (QED) is 0.728. The molecule has 0 bridgehead atoms. The van der Waals surface area contributed by atoms with Crippen molar-refractivity contribution in [2.75, 3.05) is 32.8 Å². The molecule has 2 heterocycles. The number of aromatic amines is 1. The third kappa shape index (κ3) is 4.43. The van der Waals surface area contributed by atoms with Gasteiger partial charge in [-0.1, -0.05) is 38.1 Å². The summed E-state index contributed by atoms with van der Waals surface area (Å²) >= 11 is 0. The molecular weight excluding hydrogens is 344 g/mol. The Morgan fingerprint density at radius 3 is 2.48 bits per heavy atom. The van der Waals surface area contributed by atoms with Gasteiger partial charge in [0.1, 0.15) is 0 Å². The van der Waals surface area contributed by atoms with Gasteiger partial charge in [0.25, 0.3) is 5.91 Å². The van der Waals surface area contributed by atoms with Crippen LogP contribution in [0.2, 0.25) is 0 Å². The minimum absolute atomic E-state index is 0.111. The average molecular weight is 370 g/mol. The summed E-state index contributed by atoms with van der Waals surface area (Å²) in [6, 6.07) is 7.31. The molecule has 0 unspecified atom stereocenters. The molecular formula is C20H26N4O3. The van der Waals surface area contributed by atoms with Crippen LogP contribution in [0.5, 0.6) is 0 Å². The Balaban J connectivity index is 1.74. The van der Waals surface area contributed by atoms with Crippen molar-refractivity contribution in [3.8, 4) is 11.1 Å². The lowest BCUT2D eigenvalue weighted by molar-refractivity contribution is 0.0370. The fourth-order valence-electron chi connectivity index (χ4n) is 3.30. The molecule has 27 heavy (non-hydrogen) atoms. The number of aromatic nitrogens is 2. The number of ketones is 1. The summed E-state index contributed by atoms with van der Waals surface area (Å²) in [5.74, 6) is -0.298. The van der Waals surface area contributed by atoms with Gasteiger partial charge in [-0.15, -0.1) is 0 Å².